The van der Waals surface area contributed by atoms with Crippen molar-refractivity contribution in [2.75, 3.05) is 12.4 Å². The van der Waals surface area contributed by atoms with E-state index in [0.29, 0.717) is 16.5 Å². The summed E-state index contributed by atoms with van der Waals surface area (Å²) in [6.07, 6.45) is 0. The Kier molecular flexibility index (Phi) is 2.68. The fourth-order valence-corrected chi connectivity index (χ4v) is 2.06. The van der Waals surface area contributed by atoms with Gasteiger partial charge in [-0.15, -0.1) is 0 Å². The third-order valence-corrected chi connectivity index (χ3v) is 3.01. The highest BCUT2D eigenvalue weighted by atomic mass is 35.5. The number of para-hydroxylation sites is 1. The van der Waals surface area contributed by atoms with E-state index in [0.717, 1.165) is 16.8 Å². The number of oxazole rings is 1. The van der Waals surface area contributed by atoms with E-state index < -0.39 is 0 Å². The molecule has 0 spiro atoms. The van der Waals surface area contributed by atoms with Crippen molar-refractivity contribution in [3.05, 3.63) is 47.5 Å². The van der Waals surface area contributed by atoms with Crippen molar-refractivity contribution in [1.29, 1.82) is 0 Å². The molecule has 2 aromatic carbocycles. The number of nitrogens with zero attached hydrogens (tertiary/aromatic N) is 1. The van der Waals surface area contributed by atoms with Crippen LogP contribution in [-0.4, -0.2) is 12.0 Å². The van der Waals surface area contributed by atoms with E-state index in [1.54, 1.807) is 12.1 Å². The molecule has 0 aliphatic rings. The minimum Gasteiger partial charge on any atom is -0.436 e. The summed E-state index contributed by atoms with van der Waals surface area (Å²) in [5, 5.41) is 3.77. The number of rotatable bonds is 2. The van der Waals surface area contributed by atoms with Gasteiger partial charge in [-0.1, -0.05) is 23.7 Å². The number of anilines is 1. The van der Waals surface area contributed by atoms with Crippen molar-refractivity contribution in [3.8, 4) is 11.5 Å². The predicted molar refractivity (Wildman–Crippen MR) is 74.0 cm³/mol. The Hall–Kier alpha value is -2.00. The van der Waals surface area contributed by atoms with Crippen molar-refractivity contribution in [3.63, 3.8) is 0 Å². The molecule has 3 rings (SSSR count). The van der Waals surface area contributed by atoms with Crippen LogP contribution < -0.4 is 5.32 Å². The summed E-state index contributed by atoms with van der Waals surface area (Å²) in [6, 6.07) is 13.3. The van der Waals surface area contributed by atoms with Crippen LogP contribution in [0.3, 0.4) is 0 Å². The molecular formula is C14H11ClN2O. The third kappa shape index (κ3) is 1.83. The van der Waals surface area contributed by atoms with Gasteiger partial charge in [0.2, 0.25) is 5.89 Å². The van der Waals surface area contributed by atoms with Crippen molar-refractivity contribution in [2.45, 2.75) is 0 Å². The van der Waals surface area contributed by atoms with Gasteiger partial charge in [-0.25, -0.2) is 4.98 Å². The fourth-order valence-electron chi connectivity index (χ4n) is 1.90. The SMILES string of the molecule is CNc1ccccc1-c1nc2ccc(Cl)cc2o1. The van der Waals surface area contributed by atoms with Gasteiger partial charge >= 0.3 is 0 Å². The van der Waals surface area contributed by atoms with E-state index in [2.05, 4.69) is 10.3 Å². The molecule has 0 radical (unpaired) electrons. The fraction of sp³-hybridized carbons (Fsp3) is 0.0714. The zero-order valence-electron chi connectivity index (χ0n) is 9.77. The van der Waals surface area contributed by atoms with Crippen LogP contribution in [0.1, 0.15) is 0 Å². The molecule has 0 aliphatic carbocycles. The van der Waals surface area contributed by atoms with Crippen LogP contribution in [0.25, 0.3) is 22.6 Å². The zero-order chi connectivity index (χ0) is 12.5. The Morgan fingerprint density at radius 1 is 1.17 bits per heavy atom. The summed E-state index contributed by atoms with van der Waals surface area (Å²) in [5.41, 5.74) is 3.42. The van der Waals surface area contributed by atoms with Crippen LogP contribution in [-0.2, 0) is 0 Å². The van der Waals surface area contributed by atoms with Gasteiger partial charge in [0.1, 0.15) is 5.52 Å². The molecule has 0 saturated carbocycles. The maximum absolute atomic E-state index is 5.93. The molecule has 0 bridgehead atoms. The van der Waals surface area contributed by atoms with Gasteiger partial charge in [-0.3, -0.25) is 0 Å². The van der Waals surface area contributed by atoms with E-state index in [-0.39, 0.29) is 0 Å². The highest BCUT2D eigenvalue weighted by Gasteiger charge is 2.11. The molecule has 0 fully saturated rings. The topological polar surface area (TPSA) is 38.1 Å². The maximum atomic E-state index is 5.93. The number of halogens is 1. The average molecular weight is 259 g/mol. The van der Waals surface area contributed by atoms with Crippen molar-refractivity contribution < 1.29 is 4.42 Å². The lowest BCUT2D eigenvalue weighted by Gasteiger charge is -2.04. The standard InChI is InChI=1S/C14H11ClN2O/c1-16-11-5-3-2-4-10(11)14-17-12-7-6-9(15)8-13(12)18-14/h2-8,16H,1H3. The normalized spacial score (nSPS) is 10.8. The Labute approximate surface area is 109 Å². The molecule has 3 aromatic rings. The summed E-state index contributed by atoms with van der Waals surface area (Å²) in [6.45, 7) is 0. The Bertz CT molecular complexity index is 706. The van der Waals surface area contributed by atoms with Gasteiger partial charge in [0.15, 0.2) is 5.58 Å². The summed E-state index contributed by atoms with van der Waals surface area (Å²) >= 11 is 5.93. The van der Waals surface area contributed by atoms with E-state index in [4.69, 9.17) is 16.0 Å². The first kappa shape index (κ1) is 11.1. The number of nitrogens with one attached hydrogen (secondary N) is 1. The lowest BCUT2D eigenvalue weighted by molar-refractivity contribution is 0.620. The number of fused-ring (bicyclic) bond motifs is 1. The molecule has 90 valence electrons. The predicted octanol–water partition coefficient (Wildman–Crippen LogP) is 4.19. The molecule has 1 heterocycles. The van der Waals surface area contributed by atoms with Crippen molar-refractivity contribution in [1.82, 2.24) is 4.98 Å². The molecule has 18 heavy (non-hydrogen) atoms. The van der Waals surface area contributed by atoms with Crippen molar-refractivity contribution >= 4 is 28.4 Å². The molecule has 0 saturated heterocycles. The molecule has 0 atom stereocenters. The van der Waals surface area contributed by atoms with E-state index in [1.165, 1.54) is 0 Å². The van der Waals surface area contributed by atoms with Gasteiger partial charge in [-0.05, 0) is 24.3 Å². The Balaban J connectivity index is 2.19. The largest absolute Gasteiger partial charge is 0.436 e. The van der Waals surface area contributed by atoms with Crippen LogP contribution in [0.2, 0.25) is 5.02 Å². The second-order valence-corrected chi connectivity index (χ2v) is 4.36. The molecule has 4 heteroatoms. The van der Waals surface area contributed by atoms with Crippen LogP contribution in [0.4, 0.5) is 5.69 Å². The van der Waals surface area contributed by atoms with E-state index >= 15 is 0 Å². The minimum absolute atomic E-state index is 0.595. The second kappa shape index (κ2) is 4.35. The molecular weight excluding hydrogens is 248 g/mol. The smallest absolute Gasteiger partial charge is 0.229 e. The highest BCUT2D eigenvalue weighted by Crippen LogP contribution is 2.30. The first-order valence-corrected chi connectivity index (χ1v) is 5.99. The summed E-state index contributed by atoms with van der Waals surface area (Å²) in [5.74, 6) is 0.595. The monoisotopic (exact) mass is 258 g/mol. The number of hydrogen-bond donors (Lipinski definition) is 1. The van der Waals surface area contributed by atoms with Crippen LogP contribution in [0.15, 0.2) is 46.9 Å². The number of aromatic nitrogens is 1. The van der Waals surface area contributed by atoms with Crippen molar-refractivity contribution in [2.24, 2.45) is 0 Å². The number of benzene rings is 2. The average Bonchev–Trinajstić information content (AvgIpc) is 2.81. The molecule has 1 N–H and O–H groups in total. The summed E-state index contributed by atoms with van der Waals surface area (Å²) in [7, 11) is 1.87. The van der Waals surface area contributed by atoms with Gasteiger partial charge in [0, 0.05) is 23.8 Å². The van der Waals surface area contributed by atoms with E-state index in [1.807, 2.05) is 37.4 Å². The highest BCUT2D eigenvalue weighted by molar-refractivity contribution is 6.31. The van der Waals surface area contributed by atoms with Gasteiger partial charge in [0.25, 0.3) is 0 Å². The molecule has 3 nitrogen and oxygen atoms in total. The van der Waals surface area contributed by atoms with Crippen LogP contribution >= 0.6 is 11.6 Å². The molecule has 1 aromatic heterocycles. The molecule has 0 unspecified atom stereocenters. The lowest BCUT2D eigenvalue weighted by atomic mass is 10.2. The quantitative estimate of drug-likeness (QED) is 0.749. The number of hydrogen-bond acceptors (Lipinski definition) is 3. The summed E-state index contributed by atoms with van der Waals surface area (Å²) < 4.78 is 5.74. The lowest BCUT2D eigenvalue weighted by Crippen LogP contribution is -1.91. The van der Waals surface area contributed by atoms with Crippen LogP contribution in [0, 0.1) is 0 Å². The first-order chi connectivity index (χ1) is 8.78. The molecule has 0 amide bonds. The van der Waals surface area contributed by atoms with Crippen LogP contribution in [0.5, 0.6) is 0 Å². The zero-order valence-corrected chi connectivity index (χ0v) is 10.5. The van der Waals surface area contributed by atoms with E-state index in [9.17, 15) is 0 Å². The van der Waals surface area contributed by atoms with Gasteiger partial charge in [-0.2, -0.15) is 0 Å². The minimum atomic E-state index is 0.595. The second-order valence-electron chi connectivity index (χ2n) is 3.93. The third-order valence-electron chi connectivity index (χ3n) is 2.78. The Morgan fingerprint density at radius 3 is 2.83 bits per heavy atom. The first-order valence-electron chi connectivity index (χ1n) is 5.61. The molecule has 0 aliphatic heterocycles. The summed E-state index contributed by atoms with van der Waals surface area (Å²) in [4.78, 5) is 4.47. The van der Waals surface area contributed by atoms with Gasteiger partial charge < -0.3 is 9.73 Å². The van der Waals surface area contributed by atoms with Gasteiger partial charge in [0.05, 0.1) is 5.56 Å². The Morgan fingerprint density at radius 2 is 2.00 bits per heavy atom. The maximum Gasteiger partial charge on any atom is 0.229 e.